The zero-order valence-electron chi connectivity index (χ0n) is 39.7. The minimum absolute atomic E-state index is 0.207. The number of ether oxygens (including phenoxy) is 2. The molecule has 74 heavy (non-hydrogen) atoms. The van der Waals surface area contributed by atoms with Crippen molar-refractivity contribution in [3.05, 3.63) is 213 Å². The second kappa shape index (κ2) is 23.1. The van der Waals surface area contributed by atoms with Gasteiger partial charge in [-0.2, -0.15) is 54.3 Å². The predicted octanol–water partition coefficient (Wildman–Crippen LogP) is 7.85. The van der Waals surface area contributed by atoms with Crippen LogP contribution in [0.3, 0.4) is 0 Å². The van der Waals surface area contributed by atoms with Gasteiger partial charge in [-0.25, -0.2) is 0 Å². The first-order chi connectivity index (χ1) is 36.0. The smallest absolute Gasteiger partial charge is 0.380 e. The summed E-state index contributed by atoms with van der Waals surface area (Å²) < 4.78 is 88.8. The van der Waals surface area contributed by atoms with E-state index in [1.54, 1.807) is 146 Å². The van der Waals surface area contributed by atoms with Crippen LogP contribution in [0.4, 0.5) is 0 Å². The van der Waals surface area contributed by atoms with Crippen LogP contribution in [0.15, 0.2) is 158 Å². The standard InChI is InChI=1S/C52H52O18P4/c53-71(59-29-39-19-7-8-20-40(39)30-60-71)67-49-47(57-27-37-15-3-1-4-16-37)50(68-72(54)61-31-41-21-9-10-22-42(41)32-62-72)52(70-74(56)65-35-45-25-13-14-26-46(45)36-66-74)48(58-28-38-17-5-2-6-18-38)51(49)69-73(55)63-33-43-23-11-12-24-44(43)34-64-73/h1-26,47-52H,27-36H2/t47?,48?,49-,50-,51-,52+/m1/s1. The number of phosphoric ester groups is 4. The van der Waals surface area contributed by atoms with Gasteiger partial charge in [-0.1, -0.05) is 158 Å². The third kappa shape index (κ3) is 12.4. The molecule has 2 unspecified atom stereocenters. The van der Waals surface area contributed by atoms with Crippen molar-refractivity contribution in [2.24, 2.45) is 0 Å². The molecule has 1 aliphatic carbocycles. The topological polar surface area (TPSA) is 221 Å². The lowest BCUT2D eigenvalue weighted by Crippen LogP contribution is -2.68. The molecule has 0 radical (unpaired) electrons. The highest BCUT2D eigenvalue weighted by Gasteiger charge is 2.67. The van der Waals surface area contributed by atoms with Gasteiger partial charge >= 0.3 is 32.7 Å². The Morgan fingerprint density at radius 3 is 0.676 bits per heavy atom. The van der Waals surface area contributed by atoms with Crippen molar-refractivity contribution in [3.63, 3.8) is 0 Å². The highest BCUT2D eigenvalue weighted by atomic mass is 31.2. The summed E-state index contributed by atoms with van der Waals surface area (Å²) in [5.41, 5.74) is 6.73. The Hall–Kier alpha value is -3.68. The number of rotatable bonds is 14. The molecule has 6 aromatic rings. The van der Waals surface area contributed by atoms with Gasteiger partial charge in [0.2, 0.25) is 0 Å². The molecular formula is C52H52O18P4. The molecule has 0 spiro atoms. The number of hydrogen-bond donors (Lipinski definition) is 0. The minimum atomic E-state index is -4.77. The van der Waals surface area contributed by atoms with E-state index in [0.717, 1.165) is 0 Å². The Morgan fingerprint density at radius 1 is 0.284 bits per heavy atom. The molecule has 11 rings (SSSR count). The van der Waals surface area contributed by atoms with Crippen molar-refractivity contribution in [1.29, 1.82) is 0 Å². The summed E-state index contributed by atoms with van der Waals surface area (Å²) >= 11 is 0. The molecule has 0 N–H and O–H groups in total. The van der Waals surface area contributed by atoms with Crippen LogP contribution in [0.5, 0.6) is 0 Å². The minimum Gasteiger partial charge on any atom is -0.606 e. The molecule has 22 heteroatoms. The van der Waals surface area contributed by atoms with E-state index in [1.165, 1.54) is 0 Å². The third-order valence-electron chi connectivity index (χ3n) is 13.0. The van der Waals surface area contributed by atoms with E-state index >= 15 is 19.6 Å². The first-order valence-corrected chi connectivity index (χ1v) is 29.7. The number of hydrogen-bond acceptors (Lipinski definition) is 18. The maximum absolute atomic E-state index is 15.3. The van der Waals surface area contributed by atoms with Crippen molar-refractivity contribution in [2.45, 2.75) is 103 Å². The molecular weight excluding hydrogens is 1040 g/mol. The van der Waals surface area contributed by atoms with Gasteiger partial charge in [0.25, 0.3) is 0 Å². The van der Waals surface area contributed by atoms with E-state index < -0.39 is 69.3 Å². The molecule has 6 aromatic carbocycles. The van der Waals surface area contributed by atoms with E-state index in [9.17, 15) is 0 Å². The van der Waals surface area contributed by atoms with Crippen LogP contribution in [0.2, 0.25) is 0 Å². The fraction of sp³-hybridized carbons (Fsp3) is 0.308. The molecule has 0 aromatic heterocycles. The van der Waals surface area contributed by atoms with Crippen LogP contribution in [-0.2, 0) is 130 Å². The predicted molar refractivity (Wildman–Crippen MR) is 261 cm³/mol. The summed E-state index contributed by atoms with van der Waals surface area (Å²) in [6.45, 7) is -2.08. The average Bonchev–Trinajstić information content (AvgIpc) is 3.87. The molecule has 0 saturated heterocycles. The Morgan fingerprint density at radius 2 is 0.473 bits per heavy atom. The van der Waals surface area contributed by atoms with E-state index in [4.69, 9.17) is 63.8 Å². The lowest BCUT2D eigenvalue weighted by atomic mass is 9.84. The lowest BCUT2D eigenvalue weighted by molar-refractivity contribution is -0.317. The fourth-order valence-electron chi connectivity index (χ4n) is 9.05. The Bertz CT molecular complexity index is 2390. The van der Waals surface area contributed by atoms with E-state index in [0.29, 0.717) is 55.6 Å². The van der Waals surface area contributed by atoms with Gasteiger partial charge in [0.15, 0.2) is 24.4 Å². The average molecular weight is 1090 g/mol. The normalized spacial score (nSPS) is 25.8. The molecule has 18 nitrogen and oxygen atoms in total. The van der Waals surface area contributed by atoms with Gasteiger partial charge in [0, 0.05) is 0 Å². The molecule has 1 saturated carbocycles. The number of fused-ring (bicyclic) bond motifs is 4. The van der Waals surface area contributed by atoms with Crippen LogP contribution < -0.4 is 19.6 Å². The van der Waals surface area contributed by atoms with Crippen molar-refractivity contribution in [2.75, 3.05) is 0 Å². The van der Waals surface area contributed by atoms with Crippen LogP contribution in [0, 0.1) is 0 Å². The van der Waals surface area contributed by atoms with Gasteiger partial charge in [-0.05, 0) is 55.6 Å². The zero-order chi connectivity index (χ0) is 50.6. The summed E-state index contributed by atoms with van der Waals surface area (Å²) in [6.07, 6.45) is -10.7. The molecule has 0 bridgehead atoms. The summed E-state index contributed by atoms with van der Waals surface area (Å²) in [4.78, 5) is 61.3. The van der Waals surface area contributed by atoms with Crippen molar-refractivity contribution in [1.82, 2.24) is 0 Å². The van der Waals surface area contributed by atoms with Gasteiger partial charge in [-0.3, -0.25) is 0 Å². The second-order valence-corrected chi connectivity index (χ2v) is 24.3. The third-order valence-corrected chi connectivity index (χ3v) is 18.6. The number of phosphoric acid groups is 4. The molecule has 4 aliphatic heterocycles. The van der Waals surface area contributed by atoms with Crippen LogP contribution in [0.25, 0.3) is 0 Å². The molecule has 6 atom stereocenters. The molecule has 0 amide bonds. The monoisotopic (exact) mass is 1090 g/mol. The van der Waals surface area contributed by atoms with E-state index in [-0.39, 0.29) is 66.1 Å². The maximum Gasteiger partial charge on any atom is 0.380 e. The summed E-state index contributed by atoms with van der Waals surface area (Å²) in [5, 5.41) is 0. The van der Waals surface area contributed by atoms with Gasteiger partial charge in [0.05, 0.1) is 13.2 Å². The van der Waals surface area contributed by atoms with Crippen molar-refractivity contribution in [3.8, 4) is 0 Å². The van der Waals surface area contributed by atoms with Gasteiger partial charge in [0.1, 0.15) is 65.1 Å². The Labute approximate surface area is 430 Å². The highest BCUT2D eigenvalue weighted by Crippen LogP contribution is 2.67. The molecule has 388 valence electrons. The summed E-state index contributed by atoms with van der Waals surface area (Å²) in [7, 11) is -19.1. The van der Waals surface area contributed by atoms with Crippen molar-refractivity contribution >= 4 is 32.7 Å². The Balaban J connectivity index is 1.06. The Kier molecular flexibility index (Phi) is 16.4. The molecule has 4 heterocycles. The van der Waals surface area contributed by atoms with Crippen LogP contribution in [-0.4, -0.2) is 36.6 Å². The van der Waals surface area contributed by atoms with Crippen LogP contribution in [0.1, 0.15) is 55.6 Å². The SMILES string of the molecule is [O-][P+]1(O[C@@H]2C(OCc3ccccc3)[C@@H](O[P+]3([O-])OCc4ccccc4CO3)[C@@H](O[P+]3([O-])OCc4ccccc4CO3)C(OCc3ccccc3)[C@H]2O[P+]2([O-])OCc3ccccc3CO2)OCc2ccccc2CO1. The largest absolute Gasteiger partial charge is 0.606 e. The summed E-state index contributed by atoms with van der Waals surface area (Å²) in [5.74, 6) is 0. The summed E-state index contributed by atoms with van der Waals surface area (Å²) in [6, 6.07) is 46.9. The van der Waals surface area contributed by atoms with Gasteiger partial charge < -0.3 is 29.0 Å². The van der Waals surface area contributed by atoms with Crippen LogP contribution >= 0.6 is 32.7 Å². The highest BCUT2D eigenvalue weighted by molar-refractivity contribution is 7.55. The number of benzene rings is 6. The second-order valence-electron chi connectivity index (χ2n) is 17.9. The first-order valence-electron chi connectivity index (χ1n) is 23.9. The maximum atomic E-state index is 15.3. The van der Waals surface area contributed by atoms with E-state index in [1.807, 2.05) is 12.1 Å². The lowest BCUT2D eigenvalue weighted by Gasteiger charge is -2.49. The molecule has 5 aliphatic rings. The van der Waals surface area contributed by atoms with Crippen molar-refractivity contribution < 1.29 is 83.3 Å². The van der Waals surface area contributed by atoms with Gasteiger partial charge in [-0.15, -0.1) is 0 Å². The zero-order valence-corrected chi connectivity index (χ0v) is 43.3. The molecule has 1 fully saturated rings. The quantitative estimate of drug-likeness (QED) is 0.0947. The fourth-order valence-corrected chi connectivity index (χ4v) is 14.4. The van der Waals surface area contributed by atoms with E-state index in [2.05, 4.69) is 0 Å². The first kappa shape index (κ1) is 52.4.